The maximum Gasteiger partial charge on any atom is 0.216 e. The van der Waals surface area contributed by atoms with Gasteiger partial charge in [0.1, 0.15) is 11.8 Å². The van der Waals surface area contributed by atoms with Crippen LogP contribution in [0.1, 0.15) is 16.8 Å². The summed E-state index contributed by atoms with van der Waals surface area (Å²) in [6, 6.07) is 9.13. The Morgan fingerprint density at radius 1 is 1.52 bits per heavy atom. The van der Waals surface area contributed by atoms with Crippen LogP contribution in [0.15, 0.2) is 30.5 Å². The van der Waals surface area contributed by atoms with E-state index in [1.807, 2.05) is 12.1 Å². The number of nitrogens with zero attached hydrogens (tertiary/aromatic N) is 4. The summed E-state index contributed by atoms with van der Waals surface area (Å²) in [7, 11) is 0. The molecule has 0 aliphatic rings. The van der Waals surface area contributed by atoms with E-state index in [1.165, 1.54) is 10.9 Å². The van der Waals surface area contributed by atoms with E-state index in [2.05, 4.69) is 9.94 Å². The van der Waals surface area contributed by atoms with Crippen molar-refractivity contribution >= 4 is 23.4 Å². The summed E-state index contributed by atoms with van der Waals surface area (Å²) in [5.41, 5.74) is 1.50. The van der Waals surface area contributed by atoms with E-state index in [-0.39, 0.29) is 24.4 Å². The summed E-state index contributed by atoms with van der Waals surface area (Å²) < 4.78 is 1.44. The summed E-state index contributed by atoms with van der Waals surface area (Å²) in [6.07, 6.45) is 3.11. The van der Waals surface area contributed by atoms with Crippen LogP contribution in [0.25, 0.3) is 16.6 Å². The Hall–Kier alpha value is -2.60. The van der Waals surface area contributed by atoms with Gasteiger partial charge in [-0.05, 0) is 17.7 Å². The van der Waals surface area contributed by atoms with E-state index in [9.17, 15) is 0 Å². The Kier molecular flexibility index (Phi) is 4.73. The van der Waals surface area contributed by atoms with Crippen LogP contribution >= 0.6 is 11.6 Å². The molecule has 0 spiro atoms. The number of hydrogen-bond donors (Lipinski definition) is 1. The maximum atomic E-state index is 9.14. The van der Waals surface area contributed by atoms with Crippen LogP contribution in [0.5, 0.6) is 0 Å². The Labute approximate surface area is 127 Å². The van der Waals surface area contributed by atoms with Gasteiger partial charge in [-0.25, -0.2) is 4.85 Å². The highest BCUT2D eigenvalue weighted by atomic mass is 35.5. The molecule has 2 rings (SSSR count). The van der Waals surface area contributed by atoms with Gasteiger partial charge in [0.05, 0.1) is 25.3 Å². The molecular weight excluding hydrogens is 288 g/mol. The first-order chi connectivity index (χ1) is 10.2. The lowest BCUT2D eigenvalue weighted by molar-refractivity contribution is 0.269. The molecule has 0 amide bonds. The Morgan fingerprint density at radius 3 is 2.90 bits per heavy atom. The van der Waals surface area contributed by atoms with Gasteiger partial charge >= 0.3 is 0 Å². The van der Waals surface area contributed by atoms with Gasteiger partial charge in [-0.1, -0.05) is 29.8 Å². The van der Waals surface area contributed by atoms with Crippen molar-refractivity contribution in [1.82, 2.24) is 9.78 Å². The molecule has 0 aliphatic carbocycles. The Morgan fingerprint density at radius 2 is 2.29 bits per heavy atom. The quantitative estimate of drug-likeness (QED) is 0.883. The van der Waals surface area contributed by atoms with Crippen molar-refractivity contribution in [2.45, 2.75) is 6.54 Å². The highest BCUT2D eigenvalue weighted by Crippen LogP contribution is 2.25. The number of nitriles is 1. The molecular formula is C15H11ClN4O. The van der Waals surface area contributed by atoms with Crippen LogP contribution in [-0.2, 0) is 6.54 Å². The molecule has 0 saturated heterocycles. The summed E-state index contributed by atoms with van der Waals surface area (Å²) in [6.45, 7) is 7.49. The fourth-order valence-corrected chi connectivity index (χ4v) is 1.99. The minimum absolute atomic E-state index is 0.0897. The Bertz CT molecular complexity index is 765. The highest BCUT2D eigenvalue weighted by Gasteiger charge is 2.14. The molecule has 5 nitrogen and oxygen atoms in total. The molecule has 1 heterocycles. The zero-order chi connectivity index (χ0) is 15.2. The number of aromatic nitrogens is 2. The molecule has 0 fully saturated rings. The zero-order valence-electron chi connectivity index (χ0n) is 11.0. The minimum atomic E-state index is -0.0897. The summed E-state index contributed by atoms with van der Waals surface area (Å²) >= 11 is 6.07. The minimum Gasteiger partial charge on any atom is -0.394 e. The molecule has 21 heavy (non-hydrogen) atoms. The van der Waals surface area contributed by atoms with Gasteiger partial charge in [-0.2, -0.15) is 10.4 Å². The van der Waals surface area contributed by atoms with Gasteiger partial charge in [-0.15, -0.1) is 0 Å². The van der Waals surface area contributed by atoms with Gasteiger partial charge in [0.25, 0.3) is 0 Å². The molecule has 1 N–H and O–H groups in total. The van der Waals surface area contributed by atoms with E-state index in [4.69, 9.17) is 28.5 Å². The number of halogens is 1. The van der Waals surface area contributed by atoms with E-state index < -0.39 is 0 Å². The molecule has 0 saturated carbocycles. The van der Waals surface area contributed by atoms with Gasteiger partial charge in [0.15, 0.2) is 0 Å². The lowest BCUT2D eigenvalue weighted by Gasteiger charge is -1.99. The van der Waals surface area contributed by atoms with Gasteiger partial charge in [0, 0.05) is 11.2 Å². The van der Waals surface area contributed by atoms with Crippen molar-refractivity contribution in [3.8, 4) is 6.07 Å². The van der Waals surface area contributed by atoms with Crippen molar-refractivity contribution in [2.24, 2.45) is 0 Å². The van der Waals surface area contributed by atoms with Gasteiger partial charge in [-0.3, -0.25) is 4.68 Å². The number of aliphatic hydroxyl groups is 1. The topological polar surface area (TPSA) is 66.2 Å². The molecule has 0 aliphatic heterocycles. The SMILES string of the molecule is [C-]#[N+]C(=Cc1ccccc1Cl)c1nn(CCO)cc1C#N. The standard InChI is InChI=1S/C15H11ClN4O/c1-18-14(8-11-4-2-3-5-13(11)16)15-12(9-17)10-20(19-15)6-7-21/h2-5,8,10,21H,6-7H2. The van der Waals surface area contributed by atoms with Crippen LogP contribution in [0, 0.1) is 17.9 Å². The largest absolute Gasteiger partial charge is 0.394 e. The average molecular weight is 299 g/mol. The predicted molar refractivity (Wildman–Crippen MR) is 80.0 cm³/mol. The average Bonchev–Trinajstić information content (AvgIpc) is 2.90. The first-order valence-electron chi connectivity index (χ1n) is 6.12. The molecule has 104 valence electrons. The molecule has 0 bridgehead atoms. The molecule has 2 aromatic rings. The van der Waals surface area contributed by atoms with Crippen LogP contribution in [0.3, 0.4) is 0 Å². The second-order valence-corrected chi connectivity index (χ2v) is 4.56. The summed E-state index contributed by atoms with van der Waals surface area (Å²) in [5, 5.41) is 22.8. The number of hydrogen-bond acceptors (Lipinski definition) is 3. The first-order valence-corrected chi connectivity index (χ1v) is 6.50. The molecule has 6 heteroatoms. The molecule has 0 unspecified atom stereocenters. The third-order valence-corrected chi connectivity index (χ3v) is 3.12. The monoisotopic (exact) mass is 298 g/mol. The third-order valence-electron chi connectivity index (χ3n) is 2.77. The van der Waals surface area contributed by atoms with Crippen molar-refractivity contribution in [1.29, 1.82) is 5.26 Å². The first kappa shape index (κ1) is 14.8. The van der Waals surface area contributed by atoms with Crippen molar-refractivity contribution in [2.75, 3.05) is 6.61 Å². The molecule has 1 aromatic carbocycles. The molecule has 0 radical (unpaired) electrons. The lowest BCUT2D eigenvalue weighted by atomic mass is 10.1. The van der Waals surface area contributed by atoms with E-state index in [0.717, 1.165) is 0 Å². The van der Waals surface area contributed by atoms with E-state index >= 15 is 0 Å². The summed E-state index contributed by atoms with van der Waals surface area (Å²) in [5.74, 6) is 0. The second-order valence-electron chi connectivity index (χ2n) is 4.15. The van der Waals surface area contributed by atoms with Crippen molar-refractivity contribution in [3.05, 3.63) is 63.7 Å². The maximum absolute atomic E-state index is 9.14. The normalized spacial score (nSPS) is 11.0. The van der Waals surface area contributed by atoms with Crippen LogP contribution in [0.2, 0.25) is 5.02 Å². The van der Waals surface area contributed by atoms with Gasteiger partial charge < -0.3 is 5.11 Å². The molecule has 0 atom stereocenters. The smallest absolute Gasteiger partial charge is 0.216 e. The van der Waals surface area contributed by atoms with E-state index in [0.29, 0.717) is 16.3 Å². The fraction of sp³-hybridized carbons (Fsp3) is 0.133. The molecule has 1 aromatic heterocycles. The van der Waals surface area contributed by atoms with E-state index in [1.54, 1.807) is 24.3 Å². The van der Waals surface area contributed by atoms with Crippen molar-refractivity contribution < 1.29 is 5.11 Å². The highest BCUT2D eigenvalue weighted by molar-refractivity contribution is 6.32. The second kappa shape index (κ2) is 6.71. The number of benzene rings is 1. The third kappa shape index (κ3) is 3.29. The van der Waals surface area contributed by atoms with Crippen LogP contribution in [0.4, 0.5) is 0 Å². The van der Waals surface area contributed by atoms with Crippen LogP contribution in [-0.4, -0.2) is 21.5 Å². The lowest BCUT2D eigenvalue weighted by Crippen LogP contribution is -2.02. The number of rotatable bonds is 4. The van der Waals surface area contributed by atoms with Crippen molar-refractivity contribution in [3.63, 3.8) is 0 Å². The predicted octanol–water partition coefficient (Wildman–Crippen LogP) is 2.82. The fourth-order valence-electron chi connectivity index (χ4n) is 1.80. The van der Waals surface area contributed by atoms with Gasteiger partial charge in [0.2, 0.25) is 5.70 Å². The zero-order valence-corrected chi connectivity index (χ0v) is 11.7. The summed E-state index contributed by atoms with van der Waals surface area (Å²) in [4.78, 5) is 3.44. The van der Waals surface area contributed by atoms with Crippen LogP contribution < -0.4 is 0 Å². The number of aliphatic hydroxyl groups excluding tert-OH is 1. The Balaban J connectivity index is 2.50.